The molecule has 16 heavy (non-hydrogen) atoms. The zero-order chi connectivity index (χ0) is 12.0. The number of nitrogens with zero attached hydrogens (tertiary/aromatic N) is 1. The Morgan fingerprint density at radius 3 is 2.81 bits per heavy atom. The molecule has 0 radical (unpaired) electrons. The Labute approximate surface area is 102 Å². The molecule has 2 N–H and O–H groups in total. The lowest BCUT2D eigenvalue weighted by molar-refractivity contribution is 0.216. The lowest BCUT2D eigenvalue weighted by Gasteiger charge is -2.29. The van der Waals surface area contributed by atoms with Crippen LogP contribution in [-0.2, 0) is 6.42 Å². The van der Waals surface area contributed by atoms with E-state index in [4.69, 9.17) is 5.11 Å². The van der Waals surface area contributed by atoms with E-state index >= 15 is 0 Å². The van der Waals surface area contributed by atoms with Gasteiger partial charge >= 0.3 is 0 Å². The standard InChI is InChI=1S/C12H22N2OS/c1-4-12(3,6-8-15)14-7-5-11-10(2)13-9-16-11/h9,14-15H,4-8H2,1-3H3. The van der Waals surface area contributed by atoms with Crippen molar-refractivity contribution in [2.45, 2.75) is 45.6 Å². The van der Waals surface area contributed by atoms with Crippen LogP contribution in [0.1, 0.15) is 37.3 Å². The minimum absolute atomic E-state index is 0.0628. The van der Waals surface area contributed by atoms with Crippen molar-refractivity contribution in [1.82, 2.24) is 10.3 Å². The fraction of sp³-hybridized carbons (Fsp3) is 0.750. The molecule has 4 heteroatoms. The van der Waals surface area contributed by atoms with Gasteiger partial charge in [-0.1, -0.05) is 6.92 Å². The maximum Gasteiger partial charge on any atom is 0.0797 e. The summed E-state index contributed by atoms with van der Waals surface area (Å²) in [5.41, 5.74) is 3.11. The molecule has 0 aliphatic carbocycles. The van der Waals surface area contributed by atoms with Crippen LogP contribution >= 0.6 is 11.3 Å². The average molecular weight is 242 g/mol. The quantitative estimate of drug-likeness (QED) is 0.770. The normalized spacial score (nSPS) is 15.0. The molecule has 0 bridgehead atoms. The second-order valence-electron chi connectivity index (χ2n) is 4.43. The smallest absolute Gasteiger partial charge is 0.0797 e. The summed E-state index contributed by atoms with van der Waals surface area (Å²) >= 11 is 1.72. The molecule has 0 saturated carbocycles. The third-order valence-electron chi connectivity index (χ3n) is 3.19. The molecule has 0 saturated heterocycles. The van der Waals surface area contributed by atoms with E-state index in [0.29, 0.717) is 0 Å². The number of aryl methyl sites for hydroxylation is 1. The number of aromatic nitrogens is 1. The summed E-state index contributed by atoms with van der Waals surface area (Å²) in [5, 5.41) is 12.5. The number of thiazole rings is 1. The van der Waals surface area contributed by atoms with Gasteiger partial charge in [0.05, 0.1) is 11.2 Å². The SMILES string of the molecule is CCC(C)(CCO)NCCc1scnc1C. The van der Waals surface area contributed by atoms with Gasteiger partial charge in [-0.2, -0.15) is 0 Å². The topological polar surface area (TPSA) is 45.1 Å². The van der Waals surface area contributed by atoms with E-state index in [1.165, 1.54) is 4.88 Å². The first kappa shape index (κ1) is 13.6. The van der Waals surface area contributed by atoms with E-state index in [1.807, 2.05) is 5.51 Å². The minimum Gasteiger partial charge on any atom is -0.396 e. The van der Waals surface area contributed by atoms with Gasteiger partial charge in [0, 0.05) is 23.6 Å². The summed E-state index contributed by atoms with van der Waals surface area (Å²) in [6.45, 7) is 7.58. The molecule has 1 atom stereocenters. The summed E-state index contributed by atoms with van der Waals surface area (Å²) in [4.78, 5) is 5.60. The van der Waals surface area contributed by atoms with Crippen LogP contribution in [0.25, 0.3) is 0 Å². The van der Waals surface area contributed by atoms with E-state index in [0.717, 1.165) is 31.5 Å². The summed E-state index contributed by atoms with van der Waals surface area (Å²) in [6, 6.07) is 0. The van der Waals surface area contributed by atoms with Gasteiger partial charge in [0.2, 0.25) is 0 Å². The summed E-state index contributed by atoms with van der Waals surface area (Å²) < 4.78 is 0. The van der Waals surface area contributed by atoms with Gasteiger partial charge in [0.1, 0.15) is 0 Å². The third-order valence-corrected chi connectivity index (χ3v) is 4.19. The molecular formula is C12H22N2OS. The van der Waals surface area contributed by atoms with Crippen molar-refractivity contribution in [3.63, 3.8) is 0 Å². The van der Waals surface area contributed by atoms with Crippen molar-refractivity contribution in [2.75, 3.05) is 13.2 Å². The highest BCUT2D eigenvalue weighted by molar-refractivity contribution is 7.09. The Morgan fingerprint density at radius 2 is 2.31 bits per heavy atom. The molecular weight excluding hydrogens is 220 g/mol. The number of hydrogen-bond donors (Lipinski definition) is 2. The maximum atomic E-state index is 9.01. The molecule has 1 aromatic heterocycles. The van der Waals surface area contributed by atoms with Gasteiger partial charge in [0.25, 0.3) is 0 Å². The Bertz CT molecular complexity index is 314. The van der Waals surface area contributed by atoms with Gasteiger partial charge < -0.3 is 10.4 Å². The molecule has 92 valence electrons. The second-order valence-corrected chi connectivity index (χ2v) is 5.36. The fourth-order valence-corrected chi connectivity index (χ4v) is 2.46. The Kier molecular flexibility index (Phi) is 5.38. The van der Waals surface area contributed by atoms with Gasteiger partial charge in [-0.15, -0.1) is 11.3 Å². The molecule has 0 fully saturated rings. The van der Waals surface area contributed by atoms with Crippen LogP contribution in [-0.4, -0.2) is 28.8 Å². The molecule has 1 unspecified atom stereocenters. The second kappa shape index (κ2) is 6.33. The van der Waals surface area contributed by atoms with Crippen molar-refractivity contribution < 1.29 is 5.11 Å². The predicted molar refractivity (Wildman–Crippen MR) is 69.0 cm³/mol. The molecule has 0 amide bonds. The minimum atomic E-state index is 0.0628. The highest BCUT2D eigenvalue weighted by atomic mass is 32.1. The Hall–Kier alpha value is -0.450. The van der Waals surface area contributed by atoms with Gasteiger partial charge in [-0.05, 0) is 33.1 Å². The Balaban J connectivity index is 2.36. The average Bonchev–Trinajstić information content (AvgIpc) is 2.65. The molecule has 1 heterocycles. The van der Waals surface area contributed by atoms with E-state index in [1.54, 1.807) is 11.3 Å². The number of hydrogen-bond acceptors (Lipinski definition) is 4. The van der Waals surface area contributed by atoms with E-state index < -0.39 is 0 Å². The number of aliphatic hydroxyl groups is 1. The highest BCUT2D eigenvalue weighted by Gasteiger charge is 2.20. The van der Waals surface area contributed by atoms with Crippen LogP contribution in [0.4, 0.5) is 0 Å². The third kappa shape index (κ3) is 3.85. The zero-order valence-electron chi connectivity index (χ0n) is 10.4. The summed E-state index contributed by atoms with van der Waals surface area (Å²) in [6.07, 6.45) is 2.87. The van der Waals surface area contributed by atoms with Crippen molar-refractivity contribution in [3.8, 4) is 0 Å². The van der Waals surface area contributed by atoms with E-state index in [9.17, 15) is 0 Å². The maximum absolute atomic E-state index is 9.01. The van der Waals surface area contributed by atoms with Crippen LogP contribution in [0.15, 0.2) is 5.51 Å². The molecule has 0 spiro atoms. The lowest BCUT2D eigenvalue weighted by Crippen LogP contribution is -2.43. The predicted octanol–water partition coefficient (Wildman–Crippen LogP) is 2.13. The van der Waals surface area contributed by atoms with Crippen LogP contribution in [0.5, 0.6) is 0 Å². The van der Waals surface area contributed by atoms with E-state index in [-0.39, 0.29) is 12.1 Å². The summed E-state index contributed by atoms with van der Waals surface area (Å²) in [7, 11) is 0. The van der Waals surface area contributed by atoms with Crippen molar-refractivity contribution in [1.29, 1.82) is 0 Å². The van der Waals surface area contributed by atoms with Crippen LogP contribution < -0.4 is 5.32 Å². The van der Waals surface area contributed by atoms with E-state index in [2.05, 4.69) is 31.1 Å². The monoisotopic (exact) mass is 242 g/mol. The zero-order valence-corrected chi connectivity index (χ0v) is 11.2. The van der Waals surface area contributed by atoms with Gasteiger partial charge in [-0.3, -0.25) is 0 Å². The number of rotatable bonds is 7. The fourth-order valence-electron chi connectivity index (χ4n) is 1.68. The molecule has 0 aromatic carbocycles. The molecule has 0 aliphatic heterocycles. The Morgan fingerprint density at radius 1 is 1.56 bits per heavy atom. The summed E-state index contributed by atoms with van der Waals surface area (Å²) in [5.74, 6) is 0. The highest BCUT2D eigenvalue weighted by Crippen LogP contribution is 2.15. The first-order valence-electron chi connectivity index (χ1n) is 5.86. The van der Waals surface area contributed by atoms with Gasteiger partial charge in [-0.25, -0.2) is 4.98 Å². The molecule has 1 rings (SSSR count). The van der Waals surface area contributed by atoms with Crippen LogP contribution in [0.2, 0.25) is 0 Å². The van der Waals surface area contributed by atoms with Crippen molar-refractivity contribution >= 4 is 11.3 Å². The van der Waals surface area contributed by atoms with Crippen LogP contribution in [0.3, 0.4) is 0 Å². The first-order chi connectivity index (χ1) is 7.61. The molecule has 0 aliphatic rings. The van der Waals surface area contributed by atoms with Crippen LogP contribution in [0, 0.1) is 6.92 Å². The number of nitrogens with one attached hydrogen (secondary N) is 1. The van der Waals surface area contributed by atoms with Gasteiger partial charge in [0.15, 0.2) is 0 Å². The van der Waals surface area contributed by atoms with Crippen molar-refractivity contribution in [3.05, 3.63) is 16.1 Å². The first-order valence-corrected chi connectivity index (χ1v) is 6.74. The largest absolute Gasteiger partial charge is 0.396 e. The van der Waals surface area contributed by atoms with Crippen molar-refractivity contribution in [2.24, 2.45) is 0 Å². The molecule has 3 nitrogen and oxygen atoms in total. The number of aliphatic hydroxyl groups excluding tert-OH is 1. The molecule has 1 aromatic rings. The lowest BCUT2D eigenvalue weighted by atomic mass is 9.95.